The molecule has 0 amide bonds. The van der Waals surface area contributed by atoms with E-state index in [1.807, 2.05) is 0 Å². The second kappa shape index (κ2) is 6.02. The summed E-state index contributed by atoms with van der Waals surface area (Å²) in [5.41, 5.74) is -0.809. The van der Waals surface area contributed by atoms with Crippen molar-refractivity contribution in [2.24, 2.45) is 0 Å². The zero-order chi connectivity index (χ0) is 16.6. The number of benzene rings is 1. The highest BCUT2D eigenvalue weighted by Crippen LogP contribution is 2.42. The first-order valence-electron chi connectivity index (χ1n) is 5.81. The Balaban J connectivity index is 3.64. The van der Waals surface area contributed by atoms with Crippen LogP contribution in [0.5, 0.6) is 0 Å². The fourth-order valence-electron chi connectivity index (χ4n) is 1.60. The number of hydrogen-bond donors (Lipinski definition) is 1. The summed E-state index contributed by atoms with van der Waals surface area (Å²) in [5, 5.41) is 0. The number of sulfonamides is 1. The lowest BCUT2D eigenvalue weighted by Gasteiger charge is -2.24. The van der Waals surface area contributed by atoms with E-state index in [1.54, 1.807) is 13.8 Å². The number of thiol groups is 1. The van der Waals surface area contributed by atoms with Crippen LogP contribution in [0, 0.1) is 0 Å². The Bertz CT molecular complexity index is 625. The fraction of sp³-hybridized carbons (Fsp3) is 0.500. The quantitative estimate of drug-likeness (QED) is 0.657. The minimum absolute atomic E-state index is 0.354. The summed E-state index contributed by atoms with van der Waals surface area (Å²) in [5.74, 6) is 0. The molecule has 0 heterocycles. The first kappa shape index (κ1) is 18.7. The topological polar surface area (TPSA) is 37.4 Å². The Kier molecular flexibility index (Phi) is 5.35. The van der Waals surface area contributed by atoms with Crippen LogP contribution >= 0.6 is 22.5 Å². The first-order valence-corrected chi connectivity index (χ1v) is 9.12. The molecular formula is C12H16F3NO2S3. The molecule has 120 valence electrons. The Morgan fingerprint density at radius 1 is 1.19 bits per heavy atom. The molecule has 0 radical (unpaired) electrons. The van der Waals surface area contributed by atoms with E-state index in [9.17, 15) is 21.6 Å². The Morgan fingerprint density at radius 3 is 2.10 bits per heavy atom. The molecular weight excluding hydrogens is 343 g/mol. The minimum atomic E-state index is -4.76. The number of halogens is 3. The Labute approximate surface area is 131 Å². The number of alkyl halides is 3. The fourth-order valence-corrected chi connectivity index (χ4v) is 3.23. The lowest BCUT2D eigenvalue weighted by Crippen LogP contribution is -2.26. The van der Waals surface area contributed by atoms with Crippen LogP contribution in [-0.4, -0.2) is 26.8 Å². The van der Waals surface area contributed by atoms with Gasteiger partial charge in [-0.2, -0.15) is 13.2 Å². The van der Waals surface area contributed by atoms with Gasteiger partial charge in [-0.15, -0.1) is 11.7 Å². The molecule has 0 N–H and O–H groups in total. The highest BCUT2D eigenvalue weighted by Gasteiger charge is 2.39. The molecule has 3 nitrogen and oxygen atoms in total. The van der Waals surface area contributed by atoms with Gasteiger partial charge in [0.05, 0.1) is 10.5 Å². The van der Waals surface area contributed by atoms with Crippen molar-refractivity contribution in [1.29, 1.82) is 0 Å². The zero-order valence-corrected chi connectivity index (χ0v) is 14.4. The number of rotatable bonds is 4. The molecule has 1 aromatic carbocycles. The van der Waals surface area contributed by atoms with Crippen molar-refractivity contribution in [2.45, 2.75) is 29.7 Å². The van der Waals surface area contributed by atoms with E-state index < -0.39 is 31.4 Å². The van der Waals surface area contributed by atoms with Crippen molar-refractivity contribution < 1.29 is 21.6 Å². The van der Waals surface area contributed by atoms with Gasteiger partial charge in [0.1, 0.15) is 0 Å². The van der Waals surface area contributed by atoms with Crippen LogP contribution in [-0.2, 0) is 20.9 Å². The molecule has 0 saturated heterocycles. The van der Waals surface area contributed by atoms with Crippen LogP contribution < -0.4 is 0 Å². The Hall–Kier alpha value is -0.380. The average Bonchev–Trinajstić information content (AvgIpc) is 2.36. The van der Waals surface area contributed by atoms with Crippen LogP contribution in [0.2, 0.25) is 0 Å². The van der Waals surface area contributed by atoms with Crippen molar-refractivity contribution in [2.75, 3.05) is 14.1 Å². The van der Waals surface area contributed by atoms with Gasteiger partial charge in [-0.3, -0.25) is 0 Å². The third kappa shape index (κ3) is 3.88. The molecule has 0 atom stereocenters. The van der Waals surface area contributed by atoms with E-state index in [0.717, 1.165) is 27.2 Å². The number of nitrogens with zero attached hydrogens (tertiary/aromatic N) is 1. The zero-order valence-electron chi connectivity index (χ0n) is 11.9. The second-order valence-electron chi connectivity index (χ2n) is 5.10. The highest BCUT2D eigenvalue weighted by molar-refractivity contribution is 8.69. The predicted molar refractivity (Wildman–Crippen MR) is 81.9 cm³/mol. The smallest absolute Gasteiger partial charge is 0.207 e. The van der Waals surface area contributed by atoms with Crippen LogP contribution in [0.1, 0.15) is 25.0 Å². The lowest BCUT2D eigenvalue weighted by atomic mass is 10.00. The number of hydrogen-bond acceptors (Lipinski definition) is 4. The van der Waals surface area contributed by atoms with Crippen molar-refractivity contribution in [3.63, 3.8) is 0 Å². The molecule has 0 unspecified atom stereocenters. The largest absolute Gasteiger partial charge is 0.417 e. The molecule has 1 aromatic rings. The van der Waals surface area contributed by atoms with Crippen molar-refractivity contribution in [1.82, 2.24) is 4.31 Å². The van der Waals surface area contributed by atoms with Gasteiger partial charge >= 0.3 is 6.18 Å². The molecule has 1 rings (SSSR count). The monoisotopic (exact) mass is 359 g/mol. The van der Waals surface area contributed by atoms with E-state index in [-0.39, 0.29) is 0 Å². The lowest BCUT2D eigenvalue weighted by molar-refractivity contribution is -0.140. The van der Waals surface area contributed by atoms with Crippen molar-refractivity contribution >= 4 is 32.5 Å². The van der Waals surface area contributed by atoms with Crippen molar-refractivity contribution in [3.05, 3.63) is 29.3 Å². The molecule has 0 spiro atoms. The van der Waals surface area contributed by atoms with Crippen LogP contribution in [0.15, 0.2) is 23.1 Å². The summed E-state index contributed by atoms with van der Waals surface area (Å²) in [7, 11) is -0.703. The maximum atomic E-state index is 13.2. The molecule has 9 heteroatoms. The summed E-state index contributed by atoms with van der Waals surface area (Å²) in [6.45, 7) is 3.42. The summed E-state index contributed by atoms with van der Waals surface area (Å²) in [6, 6.07) is 3.26. The van der Waals surface area contributed by atoms with Gasteiger partial charge in [-0.25, -0.2) is 12.7 Å². The molecule has 0 bridgehead atoms. The van der Waals surface area contributed by atoms with Gasteiger partial charge in [-0.05, 0) is 31.5 Å². The molecule has 0 aliphatic heterocycles. The van der Waals surface area contributed by atoms with E-state index in [4.69, 9.17) is 0 Å². The van der Waals surface area contributed by atoms with E-state index in [0.29, 0.717) is 5.56 Å². The summed E-state index contributed by atoms with van der Waals surface area (Å²) in [6.07, 6.45) is -4.76. The maximum Gasteiger partial charge on any atom is 0.417 e. The van der Waals surface area contributed by atoms with Crippen LogP contribution in [0.3, 0.4) is 0 Å². The van der Waals surface area contributed by atoms with Gasteiger partial charge in [0.15, 0.2) is 0 Å². The summed E-state index contributed by atoms with van der Waals surface area (Å²) >= 11 is 4.04. The van der Waals surface area contributed by atoms with Crippen LogP contribution in [0.25, 0.3) is 0 Å². The van der Waals surface area contributed by atoms with Gasteiger partial charge in [-0.1, -0.05) is 16.9 Å². The molecule has 21 heavy (non-hydrogen) atoms. The van der Waals surface area contributed by atoms with E-state index >= 15 is 0 Å². The predicted octanol–water partition coefficient (Wildman–Crippen LogP) is 3.77. The summed E-state index contributed by atoms with van der Waals surface area (Å²) < 4.78 is 63.8. The second-order valence-corrected chi connectivity index (χ2v) is 8.97. The third-order valence-electron chi connectivity index (χ3n) is 2.97. The van der Waals surface area contributed by atoms with E-state index in [1.165, 1.54) is 20.2 Å². The highest BCUT2D eigenvalue weighted by atomic mass is 33.1. The van der Waals surface area contributed by atoms with Gasteiger partial charge in [0.2, 0.25) is 10.0 Å². The standard InChI is InChI=1S/C12H16F3NO2S3/c1-11(2,20-19)8-5-6-10(21(17,18)16(3)4)9(7-8)12(13,14)15/h5-7,19H,1-4H3. The first-order chi connectivity index (χ1) is 9.34. The molecule has 0 aromatic heterocycles. The van der Waals surface area contributed by atoms with Gasteiger partial charge in [0, 0.05) is 18.8 Å². The molecule has 0 saturated carbocycles. The Morgan fingerprint density at radius 2 is 1.71 bits per heavy atom. The van der Waals surface area contributed by atoms with E-state index in [2.05, 4.69) is 11.7 Å². The summed E-state index contributed by atoms with van der Waals surface area (Å²) in [4.78, 5) is -0.747. The minimum Gasteiger partial charge on any atom is -0.207 e. The van der Waals surface area contributed by atoms with Crippen LogP contribution in [0.4, 0.5) is 13.2 Å². The normalized spacial score (nSPS) is 13.8. The van der Waals surface area contributed by atoms with Gasteiger partial charge in [0.25, 0.3) is 0 Å². The molecule has 0 aliphatic carbocycles. The SMILES string of the molecule is CN(C)S(=O)(=O)c1ccc(C(C)(C)SS)cc1C(F)(F)F. The maximum absolute atomic E-state index is 13.2. The van der Waals surface area contributed by atoms with Gasteiger partial charge < -0.3 is 0 Å². The average molecular weight is 359 g/mol. The molecule has 0 fully saturated rings. The molecule has 0 aliphatic rings. The third-order valence-corrected chi connectivity index (χ3v) is 6.90. The van der Waals surface area contributed by atoms with Crippen molar-refractivity contribution in [3.8, 4) is 0 Å².